The molecule has 100 valence electrons. The summed E-state index contributed by atoms with van der Waals surface area (Å²) in [6.07, 6.45) is 0.813. The lowest BCUT2D eigenvalue weighted by Crippen LogP contribution is -2.18. The minimum absolute atomic E-state index is 0.120. The standard InChI is InChI=1S/C16H18BrNO/c1-11-3-8-16(13(9-11)10-12(2)18)19-15-6-4-14(17)5-7-15/h3-9,12H,10,18H2,1-2H3. The molecule has 0 saturated heterocycles. The van der Waals surface area contributed by atoms with Gasteiger partial charge in [0.15, 0.2) is 0 Å². The highest BCUT2D eigenvalue weighted by molar-refractivity contribution is 9.10. The van der Waals surface area contributed by atoms with Crippen molar-refractivity contribution >= 4 is 15.9 Å². The first kappa shape index (κ1) is 14.1. The quantitative estimate of drug-likeness (QED) is 0.904. The van der Waals surface area contributed by atoms with Crippen LogP contribution in [0, 0.1) is 6.92 Å². The van der Waals surface area contributed by atoms with Gasteiger partial charge in [-0.2, -0.15) is 0 Å². The first-order valence-corrected chi connectivity index (χ1v) is 7.12. The minimum Gasteiger partial charge on any atom is -0.457 e. The first-order valence-electron chi connectivity index (χ1n) is 6.33. The van der Waals surface area contributed by atoms with Crippen LogP contribution < -0.4 is 10.5 Å². The maximum Gasteiger partial charge on any atom is 0.130 e. The summed E-state index contributed by atoms with van der Waals surface area (Å²) in [7, 11) is 0. The average Bonchev–Trinajstić information content (AvgIpc) is 2.34. The molecule has 1 atom stereocenters. The van der Waals surface area contributed by atoms with Crippen LogP contribution in [0.4, 0.5) is 0 Å². The van der Waals surface area contributed by atoms with Gasteiger partial charge in [0.1, 0.15) is 11.5 Å². The number of ether oxygens (including phenoxy) is 1. The van der Waals surface area contributed by atoms with Crippen LogP contribution in [-0.2, 0) is 6.42 Å². The van der Waals surface area contributed by atoms with Gasteiger partial charge in [-0.05, 0) is 56.2 Å². The van der Waals surface area contributed by atoms with Crippen molar-refractivity contribution in [2.45, 2.75) is 26.3 Å². The molecule has 0 heterocycles. The van der Waals surface area contributed by atoms with E-state index in [1.54, 1.807) is 0 Å². The van der Waals surface area contributed by atoms with Gasteiger partial charge in [-0.3, -0.25) is 0 Å². The molecule has 0 radical (unpaired) electrons. The normalized spacial score (nSPS) is 12.2. The molecule has 2 rings (SSSR count). The van der Waals surface area contributed by atoms with E-state index in [9.17, 15) is 0 Å². The predicted molar refractivity (Wildman–Crippen MR) is 82.7 cm³/mol. The van der Waals surface area contributed by atoms with Crippen molar-refractivity contribution in [2.75, 3.05) is 0 Å². The van der Waals surface area contributed by atoms with E-state index in [-0.39, 0.29) is 6.04 Å². The SMILES string of the molecule is Cc1ccc(Oc2ccc(Br)cc2)c(CC(C)N)c1. The lowest BCUT2D eigenvalue weighted by Gasteiger charge is -2.13. The predicted octanol–water partition coefficient (Wildman–Crippen LogP) is 4.44. The fourth-order valence-corrected chi connectivity index (χ4v) is 2.21. The third-order valence-corrected chi connectivity index (χ3v) is 3.33. The van der Waals surface area contributed by atoms with Crippen LogP contribution in [0.15, 0.2) is 46.9 Å². The van der Waals surface area contributed by atoms with Crippen LogP contribution in [0.25, 0.3) is 0 Å². The van der Waals surface area contributed by atoms with Crippen LogP contribution in [-0.4, -0.2) is 6.04 Å². The third-order valence-electron chi connectivity index (χ3n) is 2.80. The monoisotopic (exact) mass is 319 g/mol. The average molecular weight is 320 g/mol. The van der Waals surface area contributed by atoms with Gasteiger partial charge in [0.2, 0.25) is 0 Å². The molecule has 0 bridgehead atoms. The second kappa shape index (κ2) is 6.22. The molecule has 2 aromatic carbocycles. The number of halogens is 1. The Kier molecular flexibility index (Phi) is 4.61. The maximum atomic E-state index is 5.94. The Hall–Kier alpha value is -1.32. The number of nitrogens with two attached hydrogens (primary N) is 1. The van der Waals surface area contributed by atoms with E-state index in [0.29, 0.717) is 0 Å². The first-order chi connectivity index (χ1) is 9.04. The Bertz CT molecular complexity index is 549. The fraction of sp³-hybridized carbons (Fsp3) is 0.250. The van der Waals surface area contributed by atoms with E-state index < -0.39 is 0 Å². The summed E-state index contributed by atoms with van der Waals surface area (Å²) in [5, 5.41) is 0. The summed E-state index contributed by atoms with van der Waals surface area (Å²) in [5.74, 6) is 1.71. The lowest BCUT2D eigenvalue weighted by atomic mass is 10.0. The van der Waals surface area contributed by atoms with Crippen LogP contribution in [0.3, 0.4) is 0 Å². The number of aryl methyl sites for hydroxylation is 1. The molecule has 0 fully saturated rings. The van der Waals surface area contributed by atoms with Crippen LogP contribution in [0.5, 0.6) is 11.5 Å². The topological polar surface area (TPSA) is 35.2 Å². The zero-order chi connectivity index (χ0) is 13.8. The molecule has 2 nitrogen and oxygen atoms in total. The second-order valence-electron chi connectivity index (χ2n) is 4.85. The van der Waals surface area contributed by atoms with E-state index in [2.05, 4.69) is 35.0 Å². The summed E-state index contributed by atoms with van der Waals surface area (Å²) in [4.78, 5) is 0. The highest BCUT2D eigenvalue weighted by Crippen LogP contribution is 2.28. The van der Waals surface area contributed by atoms with Crippen molar-refractivity contribution < 1.29 is 4.74 Å². The van der Waals surface area contributed by atoms with Crippen molar-refractivity contribution in [3.05, 3.63) is 58.1 Å². The second-order valence-corrected chi connectivity index (χ2v) is 5.76. The van der Waals surface area contributed by atoms with Gasteiger partial charge in [0, 0.05) is 10.5 Å². The number of rotatable bonds is 4. The molecule has 0 aliphatic carbocycles. The summed E-state index contributed by atoms with van der Waals surface area (Å²) >= 11 is 3.42. The molecule has 1 unspecified atom stereocenters. The summed E-state index contributed by atoms with van der Waals surface area (Å²) < 4.78 is 6.99. The molecule has 0 aliphatic heterocycles. The highest BCUT2D eigenvalue weighted by atomic mass is 79.9. The zero-order valence-corrected chi connectivity index (χ0v) is 12.8. The molecule has 2 N–H and O–H groups in total. The number of benzene rings is 2. The molecule has 0 aromatic heterocycles. The Morgan fingerprint density at radius 2 is 1.84 bits per heavy atom. The molecule has 0 amide bonds. The molecule has 0 saturated carbocycles. The highest BCUT2D eigenvalue weighted by Gasteiger charge is 2.07. The zero-order valence-electron chi connectivity index (χ0n) is 11.2. The van der Waals surface area contributed by atoms with Gasteiger partial charge < -0.3 is 10.5 Å². The van der Waals surface area contributed by atoms with Gasteiger partial charge in [-0.1, -0.05) is 33.6 Å². The van der Waals surface area contributed by atoms with Gasteiger partial charge in [-0.15, -0.1) is 0 Å². The third kappa shape index (κ3) is 4.08. The van der Waals surface area contributed by atoms with Gasteiger partial charge in [-0.25, -0.2) is 0 Å². The van der Waals surface area contributed by atoms with Crippen molar-refractivity contribution in [3.63, 3.8) is 0 Å². The summed E-state index contributed by atoms with van der Waals surface area (Å²) in [6.45, 7) is 4.08. The van der Waals surface area contributed by atoms with Crippen molar-refractivity contribution in [1.82, 2.24) is 0 Å². The number of hydrogen-bond donors (Lipinski definition) is 1. The van der Waals surface area contributed by atoms with Gasteiger partial charge in [0.05, 0.1) is 0 Å². The van der Waals surface area contributed by atoms with Crippen molar-refractivity contribution in [2.24, 2.45) is 5.73 Å². The van der Waals surface area contributed by atoms with E-state index >= 15 is 0 Å². The van der Waals surface area contributed by atoms with Gasteiger partial charge >= 0.3 is 0 Å². The van der Waals surface area contributed by atoms with Gasteiger partial charge in [0.25, 0.3) is 0 Å². The van der Waals surface area contributed by atoms with Crippen LogP contribution in [0.2, 0.25) is 0 Å². The Balaban J connectivity index is 2.26. The van der Waals surface area contributed by atoms with Crippen LogP contribution in [0.1, 0.15) is 18.1 Å². The Labute approximate surface area is 122 Å². The molecule has 0 aliphatic rings. The fourth-order valence-electron chi connectivity index (χ4n) is 1.94. The summed E-state index contributed by atoms with van der Waals surface area (Å²) in [6, 6.07) is 14.1. The van der Waals surface area contributed by atoms with Crippen molar-refractivity contribution in [1.29, 1.82) is 0 Å². The molecular formula is C16H18BrNO. The summed E-state index contributed by atoms with van der Waals surface area (Å²) in [5.41, 5.74) is 8.27. The Morgan fingerprint density at radius 3 is 2.47 bits per heavy atom. The molecular weight excluding hydrogens is 302 g/mol. The Morgan fingerprint density at radius 1 is 1.16 bits per heavy atom. The van der Waals surface area contributed by atoms with Crippen molar-refractivity contribution in [3.8, 4) is 11.5 Å². The van der Waals surface area contributed by atoms with E-state index in [1.165, 1.54) is 5.56 Å². The van der Waals surface area contributed by atoms with E-state index in [0.717, 1.165) is 28.0 Å². The van der Waals surface area contributed by atoms with Crippen LogP contribution >= 0.6 is 15.9 Å². The lowest BCUT2D eigenvalue weighted by molar-refractivity contribution is 0.473. The minimum atomic E-state index is 0.120. The van der Waals surface area contributed by atoms with E-state index in [1.807, 2.05) is 37.3 Å². The number of hydrogen-bond acceptors (Lipinski definition) is 2. The molecule has 3 heteroatoms. The molecule has 0 spiro atoms. The molecule has 2 aromatic rings. The maximum absolute atomic E-state index is 5.94. The van der Waals surface area contributed by atoms with E-state index in [4.69, 9.17) is 10.5 Å². The smallest absolute Gasteiger partial charge is 0.130 e. The molecule has 19 heavy (non-hydrogen) atoms. The largest absolute Gasteiger partial charge is 0.457 e.